The van der Waals surface area contributed by atoms with Gasteiger partial charge in [0.15, 0.2) is 0 Å². The van der Waals surface area contributed by atoms with Crippen LogP contribution in [0.1, 0.15) is 49.7 Å². The van der Waals surface area contributed by atoms with Crippen molar-refractivity contribution in [2.24, 2.45) is 17.6 Å². The average Bonchev–Trinajstić information content (AvgIpc) is 2.91. The summed E-state index contributed by atoms with van der Waals surface area (Å²) in [6.45, 7) is 0. The summed E-state index contributed by atoms with van der Waals surface area (Å²) < 4.78 is 0. The number of benzene rings is 1. The van der Waals surface area contributed by atoms with Crippen LogP contribution in [0.4, 0.5) is 0 Å². The molecule has 0 heterocycles. The maximum absolute atomic E-state index is 6.49. The topological polar surface area (TPSA) is 26.0 Å². The molecule has 0 radical (unpaired) electrons. The minimum Gasteiger partial charge on any atom is -0.327 e. The van der Waals surface area contributed by atoms with Crippen molar-refractivity contribution in [3.8, 4) is 0 Å². The first-order valence-electron chi connectivity index (χ1n) is 7.65. The van der Waals surface area contributed by atoms with Gasteiger partial charge in [0.25, 0.3) is 0 Å². The highest BCUT2D eigenvalue weighted by Crippen LogP contribution is 2.33. The van der Waals surface area contributed by atoms with E-state index in [-0.39, 0.29) is 0 Å². The average molecular weight is 243 g/mol. The first-order chi connectivity index (χ1) is 8.83. The highest BCUT2D eigenvalue weighted by molar-refractivity contribution is 5.29. The zero-order valence-corrected chi connectivity index (χ0v) is 11.3. The molecule has 1 nitrogen and oxygen atoms in total. The molecule has 3 rings (SSSR count). The summed E-state index contributed by atoms with van der Waals surface area (Å²) in [7, 11) is 0. The maximum atomic E-state index is 6.49. The Hall–Kier alpha value is -0.820. The minimum atomic E-state index is 0.432. The van der Waals surface area contributed by atoms with Crippen LogP contribution in [0.2, 0.25) is 0 Å². The van der Waals surface area contributed by atoms with E-state index in [1.807, 2.05) is 0 Å². The fraction of sp³-hybridized carbons (Fsp3) is 0.647. The molecule has 0 saturated heterocycles. The third-order valence-corrected chi connectivity index (χ3v) is 5.07. The Morgan fingerprint density at radius 2 is 1.78 bits per heavy atom. The Balaban J connectivity index is 1.60. The molecule has 0 aromatic heterocycles. The lowest BCUT2D eigenvalue weighted by Crippen LogP contribution is -2.35. The maximum Gasteiger partial charge on any atom is 0.00730 e. The Morgan fingerprint density at radius 1 is 1.06 bits per heavy atom. The number of hydrogen-bond donors (Lipinski definition) is 1. The summed E-state index contributed by atoms with van der Waals surface area (Å²) in [6.07, 6.45) is 10.7. The molecule has 2 aliphatic rings. The molecule has 2 unspecified atom stereocenters. The van der Waals surface area contributed by atoms with Gasteiger partial charge in [0.2, 0.25) is 0 Å². The molecule has 18 heavy (non-hydrogen) atoms. The Labute approximate surface area is 111 Å². The van der Waals surface area contributed by atoms with E-state index < -0.39 is 0 Å². The van der Waals surface area contributed by atoms with Crippen molar-refractivity contribution in [3.05, 3.63) is 35.4 Å². The van der Waals surface area contributed by atoms with Crippen molar-refractivity contribution < 1.29 is 0 Å². The molecule has 0 bridgehead atoms. The fourth-order valence-corrected chi connectivity index (χ4v) is 3.91. The molecular weight excluding hydrogens is 218 g/mol. The Bertz CT molecular complexity index is 392. The zero-order chi connectivity index (χ0) is 12.4. The van der Waals surface area contributed by atoms with Gasteiger partial charge >= 0.3 is 0 Å². The number of aryl methyl sites for hydroxylation is 1. The molecule has 1 saturated carbocycles. The van der Waals surface area contributed by atoms with Gasteiger partial charge in [-0.25, -0.2) is 0 Å². The third kappa shape index (κ3) is 2.61. The smallest absolute Gasteiger partial charge is 0.00730 e. The van der Waals surface area contributed by atoms with Crippen LogP contribution in [0, 0.1) is 11.8 Å². The SMILES string of the molecule is NC(CC1CCCC1)C1CCc2ccccc2C1. The molecule has 0 amide bonds. The van der Waals surface area contributed by atoms with E-state index in [1.54, 1.807) is 11.1 Å². The van der Waals surface area contributed by atoms with Crippen LogP contribution in [0.5, 0.6) is 0 Å². The predicted octanol–water partition coefficient (Wildman–Crippen LogP) is 3.70. The lowest BCUT2D eigenvalue weighted by molar-refractivity contribution is 0.316. The van der Waals surface area contributed by atoms with Crippen LogP contribution < -0.4 is 5.73 Å². The summed E-state index contributed by atoms with van der Waals surface area (Å²) in [4.78, 5) is 0. The lowest BCUT2D eigenvalue weighted by atomic mass is 9.78. The van der Waals surface area contributed by atoms with E-state index in [9.17, 15) is 0 Å². The molecule has 2 aliphatic carbocycles. The van der Waals surface area contributed by atoms with E-state index in [0.717, 1.165) is 11.8 Å². The van der Waals surface area contributed by atoms with Gasteiger partial charge in [-0.2, -0.15) is 0 Å². The van der Waals surface area contributed by atoms with Gasteiger partial charge < -0.3 is 5.73 Å². The van der Waals surface area contributed by atoms with Crippen molar-refractivity contribution >= 4 is 0 Å². The van der Waals surface area contributed by atoms with Gasteiger partial charge in [-0.3, -0.25) is 0 Å². The molecule has 1 fully saturated rings. The highest BCUT2D eigenvalue weighted by Gasteiger charge is 2.26. The largest absolute Gasteiger partial charge is 0.327 e. The first-order valence-corrected chi connectivity index (χ1v) is 7.65. The van der Waals surface area contributed by atoms with Gasteiger partial charge in [0.1, 0.15) is 0 Å². The molecule has 2 N–H and O–H groups in total. The molecule has 2 atom stereocenters. The van der Waals surface area contributed by atoms with Crippen LogP contribution in [-0.4, -0.2) is 6.04 Å². The molecule has 98 valence electrons. The molecular formula is C17H25N. The second-order valence-electron chi connectivity index (χ2n) is 6.32. The minimum absolute atomic E-state index is 0.432. The Kier molecular flexibility index (Phi) is 3.69. The van der Waals surface area contributed by atoms with Gasteiger partial charge in [-0.05, 0) is 48.6 Å². The summed E-state index contributed by atoms with van der Waals surface area (Å²) in [5.74, 6) is 1.65. The molecule has 1 aromatic rings. The first kappa shape index (κ1) is 12.2. The van der Waals surface area contributed by atoms with E-state index in [1.165, 1.54) is 51.4 Å². The van der Waals surface area contributed by atoms with Gasteiger partial charge in [0.05, 0.1) is 0 Å². The normalized spacial score (nSPS) is 25.9. The highest BCUT2D eigenvalue weighted by atomic mass is 14.7. The summed E-state index contributed by atoms with van der Waals surface area (Å²) in [5.41, 5.74) is 9.59. The predicted molar refractivity (Wildman–Crippen MR) is 76.5 cm³/mol. The monoisotopic (exact) mass is 243 g/mol. The Morgan fingerprint density at radius 3 is 2.56 bits per heavy atom. The molecule has 0 aliphatic heterocycles. The number of hydrogen-bond acceptors (Lipinski definition) is 1. The third-order valence-electron chi connectivity index (χ3n) is 5.07. The second-order valence-corrected chi connectivity index (χ2v) is 6.32. The van der Waals surface area contributed by atoms with Crippen LogP contribution in [0.15, 0.2) is 24.3 Å². The molecule has 1 aromatic carbocycles. The summed E-state index contributed by atoms with van der Waals surface area (Å²) in [6, 6.07) is 9.35. The second kappa shape index (κ2) is 5.44. The standard InChI is InChI=1S/C17H25N/c18-17(11-13-5-1-2-6-13)16-10-9-14-7-3-4-8-15(14)12-16/h3-4,7-8,13,16-17H,1-2,5-6,9-12,18H2. The van der Waals surface area contributed by atoms with Crippen LogP contribution >= 0.6 is 0 Å². The van der Waals surface area contributed by atoms with E-state index in [2.05, 4.69) is 24.3 Å². The van der Waals surface area contributed by atoms with E-state index >= 15 is 0 Å². The van der Waals surface area contributed by atoms with Crippen molar-refractivity contribution in [2.75, 3.05) is 0 Å². The molecule has 1 heteroatoms. The number of nitrogens with two attached hydrogens (primary N) is 1. The molecule has 0 spiro atoms. The summed E-state index contributed by atoms with van der Waals surface area (Å²) >= 11 is 0. The van der Waals surface area contributed by atoms with E-state index in [0.29, 0.717) is 6.04 Å². The lowest BCUT2D eigenvalue weighted by Gasteiger charge is -2.30. The van der Waals surface area contributed by atoms with Crippen LogP contribution in [-0.2, 0) is 12.8 Å². The van der Waals surface area contributed by atoms with Crippen LogP contribution in [0.25, 0.3) is 0 Å². The number of fused-ring (bicyclic) bond motifs is 1. The van der Waals surface area contributed by atoms with Crippen molar-refractivity contribution in [2.45, 2.75) is 57.4 Å². The van der Waals surface area contributed by atoms with Crippen molar-refractivity contribution in [1.29, 1.82) is 0 Å². The van der Waals surface area contributed by atoms with E-state index in [4.69, 9.17) is 5.73 Å². The quantitative estimate of drug-likeness (QED) is 0.860. The van der Waals surface area contributed by atoms with Crippen molar-refractivity contribution in [1.82, 2.24) is 0 Å². The number of rotatable bonds is 3. The summed E-state index contributed by atoms with van der Waals surface area (Å²) in [5, 5.41) is 0. The fourth-order valence-electron chi connectivity index (χ4n) is 3.91. The van der Waals surface area contributed by atoms with Gasteiger partial charge in [0, 0.05) is 6.04 Å². The van der Waals surface area contributed by atoms with Crippen LogP contribution in [0.3, 0.4) is 0 Å². The zero-order valence-electron chi connectivity index (χ0n) is 11.3. The van der Waals surface area contributed by atoms with Crippen molar-refractivity contribution in [3.63, 3.8) is 0 Å². The van der Waals surface area contributed by atoms with Gasteiger partial charge in [-0.15, -0.1) is 0 Å². The van der Waals surface area contributed by atoms with Gasteiger partial charge in [-0.1, -0.05) is 49.9 Å².